The third kappa shape index (κ3) is 24.3. The van der Waals surface area contributed by atoms with Crippen molar-refractivity contribution in [1.82, 2.24) is 42.5 Å². The van der Waals surface area contributed by atoms with E-state index in [2.05, 4.69) is 52.5 Å². The summed E-state index contributed by atoms with van der Waals surface area (Å²) in [6, 6.07) is -12.4. The molecule has 0 unspecified atom stereocenters. The molecule has 0 aromatic carbocycles. The lowest BCUT2D eigenvalue weighted by atomic mass is 9.95. The maximum absolute atomic E-state index is 14.1. The zero-order chi connectivity index (χ0) is 55.6. The Hall–Kier alpha value is -6.84. The van der Waals surface area contributed by atoms with E-state index in [4.69, 9.17) is 28.7 Å². The van der Waals surface area contributed by atoms with Crippen molar-refractivity contribution in [2.45, 2.75) is 174 Å². The number of nitrogens with one attached hydrogen (secondary N) is 8. The van der Waals surface area contributed by atoms with Crippen LogP contribution in [0.1, 0.15) is 114 Å². The molecule has 0 saturated heterocycles. The first-order valence-corrected chi connectivity index (χ1v) is 23.9. The van der Waals surface area contributed by atoms with Crippen LogP contribution in [0.15, 0.2) is 9.98 Å². The number of carbonyl (C=O) groups excluding carboxylic acids is 8. The second-order valence-electron chi connectivity index (χ2n) is 18.1. The van der Waals surface area contributed by atoms with Gasteiger partial charge in [0.25, 0.3) is 0 Å². The Morgan fingerprint density at radius 1 is 0.472 bits per heavy atom. The van der Waals surface area contributed by atoms with Crippen LogP contribution in [0.2, 0.25) is 0 Å². The number of nitrogens with zero attached hydrogens (tertiary/aromatic N) is 2. The Labute approximate surface area is 419 Å². The summed E-state index contributed by atoms with van der Waals surface area (Å²) in [5.41, 5.74) is 27.7. The van der Waals surface area contributed by atoms with Crippen LogP contribution in [-0.4, -0.2) is 160 Å². The number of hydrogen-bond donors (Lipinski definition) is 16. The molecule has 0 radical (unpaired) electrons. The summed E-state index contributed by atoms with van der Waals surface area (Å²) in [5, 5.41) is 49.4. The Morgan fingerprint density at radius 2 is 0.833 bits per heavy atom. The van der Waals surface area contributed by atoms with E-state index in [1.54, 1.807) is 41.5 Å². The van der Waals surface area contributed by atoms with Gasteiger partial charge in [-0.1, -0.05) is 54.4 Å². The second kappa shape index (κ2) is 32.9. The summed E-state index contributed by atoms with van der Waals surface area (Å²) >= 11 is 0. The molecule has 0 saturated carbocycles. The fourth-order valence-electron chi connectivity index (χ4n) is 6.53. The van der Waals surface area contributed by atoms with Crippen LogP contribution in [0, 0.1) is 17.8 Å². The molecule has 0 aliphatic carbocycles. The van der Waals surface area contributed by atoms with Gasteiger partial charge in [-0.05, 0) is 70.6 Å². The summed E-state index contributed by atoms with van der Waals surface area (Å²) in [4.78, 5) is 140. The van der Waals surface area contributed by atoms with Crippen molar-refractivity contribution in [1.29, 1.82) is 0 Å². The summed E-state index contributed by atoms with van der Waals surface area (Å²) in [5.74, 6) is -11.7. The molecule has 28 heteroatoms. The van der Waals surface area contributed by atoms with Gasteiger partial charge in [-0.3, -0.25) is 53.1 Å². The Balaban J connectivity index is 6.74. The minimum atomic E-state index is -1.62. The van der Waals surface area contributed by atoms with E-state index in [-0.39, 0.29) is 56.6 Å². The first kappa shape index (κ1) is 65.2. The van der Waals surface area contributed by atoms with Gasteiger partial charge >= 0.3 is 11.9 Å². The lowest BCUT2D eigenvalue weighted by Crippen LogP contribution is -2.61. The maximum Gasteiger partial charge on any atom is 0.326 e. The Morgan fingerprint density at radius 3 is 1.24 bits per heavy atom. The van der Waals surface area contributed by atoms with Gasteiger partial charge in [-0.2, -0.15) is 0 Å². The third-order valence-electron chi connectivity index (χ3n) is 11.6. The molecule has 0 aliphatic heterocycles. The second-order valence-corrected chi connectivity index (χ2v) is 18.1. The van der Waals surface area contributed by atoms with Crippen LogP contribution in [0.5, 0.6) is 0 Å². The van der Waals surface area contributed by atoms with Crippen LogP contribution in [-0.2, 0) is 47.9 Å². The number of rotatable bonds is 34. The average molecular weight is 1030 g/mol. The number of carboxylic acid groups (broad SMARTS) is 2. The number of aliphatic hydroxyl groups is 1. The monoisotopic (exact) mass is 1030 g/mol. The van der Waals surface area contributed by atoms with Crippen LogP contribution >= 0.6 is 0 Å². The van der Waals surface area contributed by atoms with Crippen molar-refractivity contribution in [3.05, 3.63) is 0 Å². The summed E-state index contributed by atoms with van der Waals surface area (Å²) < 4.78 is 0. The van der Waals surface area contributed by atoms with Gasteiger partial charge < -0.3 is 86.5 Å². The number of aliphatic carboxylic acids is 2. The van der Waals surface area contributed by atoms with Crippen molar-refractivity contribution < 1.29 is 63.3 Å². The van der Waals surface area contributed by atoms with Crippen LogP contribution in [0.25, 0.3) is 0 Å². The number of aliphatic hydroxyl groups excluding tert-OH is 1. The zero-order valence-electron chi connectivity index (χ0n) is 42.8. The van der Waals surface area contributed by atoms with Crippen LogP contribution in [0.3, 0.4) is 0 Å². The predicted molar refractivity (Wildman–Crippen MR) is 265 cm³/mol. The number of amides is 8. The number of nitrogens with two attached hydrogens (primary N) is 5. The lowest BCUT2D eigenvalue weighted by molar-refractivity contribution is -0.144. The molecule has 72 heavy (non-hydrogen) atoms. The predicted octanol–water partition coefficient (Wildman–Crippen LogP) is -4.58. The van der Waals surface area contributed by atoms with Crippen LogP contribution in [0.4, 0.5) is 0 Å². The SMILES string of the molecule is CC[C@H](C)[C@H](NC(=O)[C@@H](NC(=O)[C@H](CCC(=O)O)NC(=O)[C@H](CCCN=C(N)N)NC(=O)[C@H](CCCN=C(N)N)NC(=O)[C@H](C)NC(=O)[C@@H](NC(=O)[C@H](C)NC(=O)[C@@H](N)C(C)C)[C@@H](C)O)[C@@H](C)CC)C(=O)O. The van der Waals surface area contributed by atoms with E-state index in [0.717, 1.165) is 0 Å². The summed E-state index contributed by atoms with van der Waals surface area (Å²) in [6.45, 7) is 13.9. The van der Waals surface area contributed by atoms with Crippen molar-refractivity contribution in [3.63, 3.8) is 0 Å². The van der Waals surface area contributed by atoms with Gasteiger partial charge in [0, 0.05) is 19.5 Å². The molecule has 0 spiro atoms. The minimum absolute atomic E-state index is 0.0145. The van der Waals surface area contributed by atoms with Gasteiger partial charge in [0.1, 0.15) is 48.3 Å². The van der Waals surface area contributed by atoms with E-state index >= 15 is 0 Å². The molecule has 21 N–H and O–H groups in total. The first-order chi connectivity index (χ1) is 33.5. The van der Waals surface area contributed by atoms with Gasteiger partial charge in [-0.15, -0.1) is 0 Å². The van der Waals surface area contributed by atoms with Crippen molar-refractivity contribution in [2.75, 3.05) is 13.1 Å². The standard InChI is InChI=1S/C44H81N15O13/c1-10-21(5)31(40(69)58-32(42(71)72)22(6)11-2)57-38(67)28(16-17-29(61)62)56-37(66)27(15-13-19-51-44(48)49)55-36(65)26(14-12-18-50-43(46)47)54-34(63)23(7)53-41(70)33(25(9)60)59-35(64)24(8)52-39(68)30(45)20(3)4/h20-28,30-33,60H,10-19,45H2,1-9H3,(H,52,68)(H,53,70)(H,54,63)(H,55,65)(H,56,66)(H,57,67)(H,58,69)(H,59,64)(H,61,62)(H,71,72)(H4,46,47,50)(H4,48,49,51)/t21-,22-,23-,24-,25+,26-,27-,28-,30-,31-,32-,33-/m0/s1. The summed E-state index contributed by atoms with van der Waals surface area (Å²) in [6.07, 6.45) is -2.10. The molecule has 0 bridgehead atoms. The van der Waals surface area contributed by atoms with Crippen LogP contribution < -0.4 is 71.2 Å². The fraction of sp³-hybridized carbons (Fsp3) is 0.727. The normalized spacial score (nSPS) is 16.1. The highest BCUT2D eigenvalue weighted by atomic mass is 16.4. The number of carbonyl (C=O) groups is 10. The number of guanidine groups is 2. The number of hydrogen-bond acceptors (Lipinski definition) is 14. The van der Waals surface area contributed by atoms with E-state index < -0.39 is 144 Å². The largest absolute Gasteiger partial charge is 0.481 e. The highest BCUT2D eigenvalue weighted by Crippen LogP contribution is 2.14. The molecule has 0 rings (SSSR count). The van der Waals surface area contributed by atoms with Crippen molar-refractivity contribution in [3.8, 4) is 0 Å². The maximum atomic E-state index is 14.1. The number of aliphatic imine (C=N–C) groups is 2. The van der Waals surface area contributed by atoms with Gasteiger partial charge in [-0.25, -0.2) is 4.79 Å². The lowest BCUT2D eigenvalue weighted by Gasteiger charge is -2.29. The molecular formula is C44H81N15O13. The van der Waals surface area contributed by atoms with Gasteiger partial charge in [0.05, 0.1) is 12.1 Å². The molecule has 410 valence electrons. The van der Waals surface area contributed by atoms with E-state index in [0.29, 0.717) is 12.8 Å². The highest BCUT2D eigenvalue weighted by molar-refractivity contribution is 5.98. The molecule has 0 aromatic rings. The summed E-state index contributed by atoms with van der Waals surface area (Å²) in [7, 11) is 0. The van der Waals surface area contributed by atoms with Crippen molar-refractivity contribution in [2.24, 2.45) is 56.4 Å². The Bertz CT molecular complexity index is 1910. The van der Waals surface area contributed by atoms with E-state index in [1.807, 2.05) is 0 Å². The molecule has 12 atom stereocenters. The zero-order valence-corrected chi connectivity index (χ0v) is 42.8. The molecule has 8 amide bonds. The van der Waals surface area contributed by atoms with E-state index in [1.165, 1.54) is 20.8 Å². The third-order valence-corrected chi connectivity index (χ3v) is 11.6. The van der Waals surface area contributed by atoms with E-state index in [9.17, 15) is 63.3 Å². The van der Waals surface area contributed by atoms with Crippen molar-refractivity contribution >= 4 is 71.1 Å². The topological polar surface area (TPSA) is 482 Å². The fourth-order valence-corrected chi connectivity index (χ4v) is 6.53. The smallest absolute Gasteiger partial charge is 0.326 e. The Kier molecular flexibility index (Phi) is 29.8. The van der Waals surface area contributed by atoms with Gasteiger partial charge in [0.2, 0.25) is 47.3 Å². The molecule has 28 nitrogen and oxygen atoms in total. The highest BCUT2D eigenvalue weighted by Gasteiger charge is 2.36. The molecule has 0 heterocycles. The average Bonchev–Trinajstić information content (AvgIpc) is 3.30. The first-order valence-electron chi connectivity index (χ1n) is 23.9. The quantitative estimate of drug-likeness (QED) is 0.0164. The molecular weight excluding hydrogens is 947 g/mol. The minimum Gasteiger partial charge on any atom is -0.481 e. The molecule has 0 fully saturated rings. The van der Waals surface area contributed by atoms with Gasteiger partial charge in [0.15, 0.2) is 11.9 Å². The number of carboxylic acids is 2. The molecule has 0 aliphatic rings. The molecule has 0 aromatic heterocycles.